The van der Waals surface area contributed by atoms with Crippen LogP contribution in [0, 0.1) is 0 Å². The molecule has 0 saturated heterocycles. The number of carbonyl (C=O) groups excluding carboxylic acids is 2. The lowest BCUT2D eigenvalue weighted by Crippen LogP contribution is -2.20. The molecule has 0 aliphatic rings. The Morgan fingerprint density at radius 3 is 2.16 bits per heavy atom. The Kier molecular flexibility index (Phi) is 9.42. The molecule has 0 aromatic heterocycles. The van der Waals surface area contributed by atoms with Crippen LogP contribution in [0.25, 0.3) is 6.08 Å². The summed E-state index contributed by atoms with van der Waals surface area (Å²) in [5.41, 5.74) is 2.54. The van der Waals surface area contributed by atoms with Crippen LogP contribution in [-0.2, 0) is 20.7 Å². The van der Waals surface area contributed by atoms with E-state index in [9.17, 15) is 9.59 Å². The van der Waals surface area contributed by atoms with Crippen molar-refractivity contribution in [2.45, 2.75) is 26.2 Å². The predicted molar refractivity (Wildman–Crippen MR) is 120 cm³/mol. The summed E-state index contributed by atoms with van der Waals surface area (Å²) in [5, 5.41) is 2.71. The molecule has 0 radical (unpaired) electrons. The summed E-state index contributed by atoms with van der Waals surface area (Å²) in [7, 11) is 4.53. The summed E-state index contributed by atoms with van der Waals surface area (Å²) in [6.45, 7) is 1.77. The monoisotopic (exact) mass is 427 g/mol. The van der Waals surface area contributed by atoms with Crippen molar-refractivity contribution in [2.75, 3.05) is 33.3 Å². The molecule has 7 heteroatoms. The first kappa shape index (κ1) is 23.8. The molecule has 1 amide bonds. The zero-order valence-electron chi connectivity index (χ0n) is 18.4. The molecule has 2 rings (SSSR count). The van der Waals surface area contributed by atoms with Gasteiger partial charge in [-0.15, -0.1) is 0 Å². The van der Waals surface area contributed by atoms with Crippen molar-refractivity contribution >= 4 is 23.6 Å². The van der Waals surface area contributed by atoms with Crippen LogP contribution in [-0.4, -0.2) is 39.8 Å². The summed E-state index contributed by atoms with van der Waals surface area (Å²) in [6, 6.07) is 11.0. The molecular weight excluding hydrogens is 398 g/mol. The van der Waals surface area contributed by atoms with Crippen molar-refractivity contribution in [3.05, 3.63) is 53.6 Å². The van der Waals surface area contributed by atoms with Crippen LogP contribution in [0.4, 0.5) is 5.69 Å². The first-order valence-corrected chi connectivity index (χ1v) is 10.0. The topological polar surface area (TPSA) is 83.1 Å². The standard InChI is InChI=1S/C24H29NO6/c1-5-6-7-17-8-11-19(12-9-17)25-22(26)16-31-23(27)13-10-18-14-20(28-2)24(30-4)21(15-18)29-3/h8-15H,5-7,16H2,1-4H3,(H,25,26). The van der Waals surface area contributed by atoms with Crippen molar-refractivity contribution < 1.29 is 28.5 Å². The first-order valence-electron chi connectivity index (χ1n) is 10.0. The molecule has 31 heavy (non-hydrogen) atoms. The second kappa shape index (κ2) is 12.3. The number of benzene rings is 2. The normalized spacial score (nSPS) is 10.6. The number of methoxy groups -OCH3 is 3. The Morgan fingerprint density at radius 2 is 1.61 bits per heavy atom. The molecule has 2 aromatic rings. The number of aryl methyl sites for hydroxylation is 1. The summed E-state index contributed by atoms with van der Waals surface area (Å²) >= 11 is 0. The molecular formula is C24H29NO6. The number of rotatable bonds is 11. The molecule has 166 valence electrons. The number of nitrogens with one attached hydrogen (secondary N) is 1. The molecule has 0 fully saturated rings. The predicted octanol–water partition coefficient (Wildman–Crippen LogP) is 4.25. The van der Waals surface area contributed by atoms with Gasteiger partial charge in [0.15, 0.2) is 18.1 Å². The van der Waals surface area contributed by atoms with Crippen LogP contribution in [0.1, 0.15) is 30.9 Å². The largest absolute Gasteiger partial charge is 0.493 e. The van der Waals surface area contributed by atoms with Crippen LogP contribution in [0.5, 0.6) is 17.2 Å². The zero-order valence-corrected chi connectivity index (χ0v) is 18.4. The SMILES string of the molecule is CCCCc1ccc(NC(=O)COC(=O)C=Cc2cc(OC)c(OC)c(OC)c2)cc1. The Labute approximate surface area is 183 Å². The average Bonchev–Trinajstić information content (AvgIpc) is 2.80. The minimum atomic E-state index is -0.640. The zero-order chi connectivity index (χ0) is 22.6. The quantitative estimate of drug-likeness (QED) is 0.426. The van der Waals surface area contributed by atoms with Gasteiger partial charge in [0.1, 0.15) is 0 Å². The fourth-order valence-corrected chi connectivity index (χ4v) is 2.88. The summed E-state index contributed by atoms with van der Waals surface area (Å²) in [5.74, 6) is 0.347. The summed E-state index contributed by atoms with van der Waals surface area (Å²) in [4.78, 5) is 24.0. The van der Waals surface area contributed by atoms with Gasteiger partial charge >= 0.3 is 5.97 Å². The Balaban J connectivity index is 1.88. The minimum absolute atomic E-state index is 0.379. The van der Waals surface area contributed by atoms with E-state index in [2.05, 4.69) is 12.2 Å². The highest BCUT2D eigenvalue weighted by atomic mass is 16.5. The highest BCUT2D eigenvalue weighted by molar-refractivity contribution is 5.94. The third-order valence-corrected chi connectivity index (χ3v) is 4.50. The first-order chi connectivity index (χ1) is 15.0. The molecule has 0 bridgehead atoms. The van der Waals surface area contributed by atoms with Crippen molar-refractivity contribution in [1.29, 1.82) is 0 Å². The Bertz CT molecular complexity index is 880. The second-order valence-corrected chi connectivity index (χ2v) is 6.75. The van der Waals surface area contributed by atoms with E-state index in [0.717, 1.165) is 19.3 Å². The van der Waals surface area contributed by atoms with Crippen LogP contribution in [0.3, 0.4) is 0 Å². The van der Waals surface area contributed by atoms with Gasteiger partial charge in [0.05, 0.1) is 21.3 Å². The van der Waals surface area contributed by atoms with Gasteiger partial charge in [-0.1, -0.05) is 25.5 Å². The van der Waals surface area contributed by atoms with Crippen molar-refractivity contribution in [1.82, 2.24) is 0 Å². The lowest BCUT2D eigenvalue weighted by Gasteiger charge is -2.12. The van der Waals surface area contributed by atoms with E-state index in [0.29, 0.717) is 28.5 Å². The third kappa shape index (κ3) is 7.37. The third-order valence-electron chi connectivity index (χ3n) is 4.50. The number of ether oxygens (including phenoxy) is 4. The molecule has 2 aromatic carbocycles. The lowest BCUT2D eigenvalue weighted by atomic mass is 10.1. The van der Waals surface area contributed by atoms with Crippen LogP contribution < -0.4 is 19.5 Å². The van der Waals surface area contributed by atoms with Crippen molar-refractivity contribution in [3.63, 3.8) is 0 Å². The van der Waals surface area contributed by atoms with E-state index in [1.54, 1.807) is 18.2 Å². The van der Waals surface area contributed by atoms with Gasteiger partial charge in [0.25, 0.3) is 5.91 Å². The van der Waals surface area contributed by atoms with Crippen molar-refractivity contribution in [2.24, 2.45) is 0 Å². The Hall–Kier alpha value is -3.48. The molecule has 1 N–H and O–H groups in total. The maximum Gasteiger partial charge on any atom is 0.331 e. The fourth-order valence-electron chi connectivity index (χ4n) is 2.88. The van der Waals surface area contributed by atoms with E-state index in [4.69, 9.17) is 18.9 Å². The van der Waals surface area contributed by atoms with E-state index in [1.807, 2.05) is 24.3 Å². The highest BCUT2D eigenvalue weighted by Crippen LogP contribution is 2.38. The number of anilines is 1. The van der Waals surface area contributed by atoms with E-state index >= 15 is 0 Å². The maximum atomic E-state index is 12.0. The molecule has 0 saturated carbocycles. The molecule has 0 unspecified atom stereocenters. The highest BCUT2D eigenvalue weighted by Gasteiger charge is 2.12. The molecule has 0 spiro atoms. The number of amides is 1. The second-order valence-electron chi connectivity index (χ2n) is 6.75. The maximum absolute atomic E-state index is 12.0. The number of hydrogen-bond donors (Lipinski definition) is 1. The van der Waals surface area contributed by atoms with E-state index < -0.39 is 11.9 Å². The molecule has 0 aliphatic carbocycles. The number of esters is 1. The summed E-state index contributed by atoms with van der Waals surface area (Å²) in [6.07, 6.45) is 6.06. The molecule has 0 atom stereocenters. The van der Waals surface area contributed by atoms with Crippen molar-refractivity contribution in [3.8, 4) is 17.2 Å². The molecule has 7 nitrogen and oxygen atoms in total. The fraction of sp³-hybridized carbons (Fsp3) is 0.333. The van der Waals surface area contributed by atoms with Gasteiger partial charge in [-0.25, -0.2) is 4.79 Å². The van der Waals surface area contributed by atoms with Gasteiger partial charge in [-0.3, -0.25) is 4.79 Å². The Morgan fingerprint density at radius 1 is 0.968 bits per heavy atom. The van der Waals surface area contributed by atoms with E-state index in [1.165, 1.54) is 33.0 Å². The van der Waals surface area contributed by atoms with Crippen LogP contribution in [0.15, 0.2) is 42.5 Å². The van der Waals surface area contributed by atoms with Gasteiger partial charge in [-0.2, -0.15) is 0 Å². The molecule has 0 aliphatic heterocycles. The van der Waals surface area contributed by atoms with Crippen LogP contribution >= 0.6 is 0 Å². The van der Waals surface area contributed by atoms with Gasteiger partial charge < -0.3 is 24.3 Å². The van der Waals surface area contributed by atoms with Gasteiger partial charge in [0.2, 0.25) is 5.75 Å². The average molecular weight is 427 g/mol. The molecule has 0 heterocycles. The summed E-state index contributed by atoms with van der Waals surface area (Å²) < 4.78 is 20.8. The smallest absolute Gasteiger partial charge is 0.331 e. The number of hydrogen-bond acceptors (Lipinski definition) is 6. The number of unbranched alkanes of at least 4 members (excludes halogenated alkanes) is 1. The lowest BCUT2D eigenvalue weighted by molar-refractivity contribution is -0.142. The van der Waals surface area contributed by atoms with E-state index in [-0.39, 0.29) is 6.61 Å². The van der Waals surface area contributed by atoms with Gasteiger partial charge in [0, 0.05) is 11.8 Å². The minimum Gasteiger partial charge on any atom is -0.493 e. The van der Waals surface area contributed by atoms with Crippen LogP contribution in [0.2, 0.25) is 0 Å². The van der Waals surface area contributed by atoms with Gasteiger partial charge in [-0.05, 0) is 54.3 Å². The number of carbonyl (C=O) groups is 2.